The molecule has 0 bridgehead atoms. The normalized spacial score (nSPS) is 10.6. The molecule has 0 saturated carbocycles. The molecule has 31 heavy (non-hydrogen) atoms. The zero-order valence-corrected chi connectivity index (χ0v) is 18.8. The Bertz CT molecular complexity index is 1120. The maximum Gasteiger partial charge on any atom is 0.412 e. The highest BCUT2D eigenvalue weighted by Gasteiger charge is 2.12. The van der Waals surface area contributed by atoms with Crippen LogP contribution in [-0.4, -0.2) is 42.2 Å². The number of likely N-dealkylation sites (N-methyl/N-ethyl adjacent to an activating group) is 1. The maximum absolute atomic E-state index is 13.4. The minimum absolute atomic E-state index is 0.0182. The first-order chi connectivity index (χ1) is 14.8. The molecular formula is C21H19BrClFN4O3. The number of pyridine rings is 1. The van der Waals surface area contributed by atoms with Gasteiger partial charge in [-0.05, 0) is 29.1 Å². The molecule has 1 heterocycles. The van der Waals surface area contributed by atoms with Crippen molar-refractivity contribution in [3.63, 3.8) is 0 Å². The lowest BCUT2D eigenvalue weighted by molar-refractivity contribution is 0.146. The summed E-state index contributed by atoms with van der Waals surface area (Å²) in [4.78, 5) is 29.7. The van der Waals surface area contributed by atoms with Gasteiger partial charge in [-0.15, -0.1) is 0 Å². The predicted octanol–water partition coefficient (Wildman–Crippen LogP) is 5.18. The van der Waals surface area contributed by atoms with Crippen LogP contribution >= 0.6 is 27.5 Å². The van der Waals surface area contributed by atoms with Crippen molar-refractivity contribution in [1.82, 2.24) is 15.2 Å². The summed E-state index contributed by atoms with van der Waals surface area (Å²) in [5, 5.41) is 7.00. The van der Waals surface area contributed by atoms with E-state index in [1.54, 1.807) is 25.4 Å². The Morgan fingerprint density at radius 1 is 1.26 bits per heavy atom. The Hall–Kier alpha value is -2.91. The molecule has 2 aromatic carbocycles. The number of nitrogens with one attached hydrogen (secondary N) is 2. The summed E-state index contributed by atoms with van der Waals surface area (Å²) in [5.41, 5.74) is 0.467. The highest BCUT2D eigenvalue weighted by molar-refractivity contribution is 9.10. The lowest BCUT2D eigenvalue weighted by Crippen LogP contribution is -2.39. The van der Waals surface area contributed by atoms with Gasteiger partial charge in [0, 0.05) is 29.6 Å². The van der Waals surface area contributed by atoms with Crippen molar-refractivity contribution in [3.8, 4) is 0 Å². The predicted molar refractivity (Wildman–Crippen MR) is 121 cm³/mol. The van der Waals surface area contributed by atoms with Gasteiger partial charge in [0.1, 0.15) is 18.2 Å². The zero-order valence-electron chi connectivity index (χ0n) is 16.5. The van der Waals surface area contributed by atoms with E-state index in [-0.39, 0.29) is 24.7 Å². The molecule has 2 N–H and O–H groups in total. The Morgan fingerprint density at radius 2 is 2.03 bits per heavy atom. The molecule has 0 aliphatic heterocycles. The summed E-state index contributed by atoms with van der Waals surface area (Å²) in [5.74, 6) is -0.191. The maximum atomic E-state index is 13.4. The molecule has 0 unspecified atom stereocenters. The molecule has 0 aliphatic rings. The van der Waals surface area contributed by atoms with E-state index in [1.165, 1.54) is 17.0 Å². The molecule has 1 aromatic heterocycles. The molecule has 0 saturated heterocycles. The van der Waals surface area contributed by atoms with Gasteiger partial charge in [-0.25, -0.2) is 19.0 Å². The van der Waals surface area contributed by atoms with Gasteiger partial charge in [0.15, 0.2) is 0 Å². The minimum Gasteiger partial charge on any atom is -0.447 e. The summed E-state index contributed by atoms with van der Waals surface area (Å²) in [6.45, 7) is 0.217. The molecule has 3 aromatic rings. The van der Waals surface area contributed by atoms with Crippen LogP contribution in [0.5, 0.6) is 0 Å². The second-order valence-electron chi connectivity index (χ2n) is 6.58. The number of rotatable bonds is 6. The molecule has 0 atom stereocenters. The van der Waals surface area contributed by atoms with Crippen LogP contribution in [-0.2, 0) is 11.3 Å². The van der Waals surface area contributed by atoms with Gasteiger partial charge in [0.25, 0.3) is 0 Å². The monoisotopic (exact) mass is 508 g/mol. The first-order valence-electron chi connectivity index (χ1n) is 9.25. The fourth-order valence-corrected chi connectivity index (χ4v) is 3.39. The van der Waals surface area contributed by atoms with Crippen molar-refractivity contribution in [2.75, 3.05) is 25.5 Å². The molecule has 10 heteroatoms. The third-order valence-corrected chi connectivity index (χ3v) is 5.52. The molecular weight excluding hydrogens is 491 g/mol. The van der Waals surface area contributed by atoms with Crippen molar-refractivity contribution < 1.29 is 18.7 Å². The zero-order chi connectivity index (χ0) is 22.4. The van der Waals surface area contributed by atoms with Crippen molar-refractivity contribution in [3.05, 3.63) is 69.5 Å². The van der Waals surface area contributed by atoms with E-state index in [9.17, 15) is 14.0 Å². The summed E-state index contributed by atoms with van der Waals surface area (Å²) in [6.07, 6.45) is 0.972. The van der Waals surface area contributed by atoms with Crippen LogP contribution in [0.2, 0.25) is 5.02 Å². The SMILES string of the molecule is CN(CCOC(=O)Nc1cc2cccc(Br)c2cn1)C(=O)NCc1cccc(F)c1Cl. The number of halogens is 3. The van der Waals surface area contributed by atoms with E-state index in [4.69, 9.17) is 16.3 Å². The average molecular weight is 510 g/mol. The molecule has 7 nitrogen and oxygen atoms in total. The average Bonchev–Trinajstić information content (AvgIpc) is 2.74. The quantitative estimate of drug-likeness (QED) is 0.480. The van der Waals surface area contributed by atoms with Crippen LogP contribution in [0.25, 0.3) is 10.8 Å². The number of urea groups is 1. The van der Waals surface area contributed by atoms with Crippen LogP contribution < -0.4 is 10.6 Å². The number of benzene rings is 2. The third kappa shape index (κ3) is 6.05. The van der Waals surface area contributed by atoms with Crippen molar-refractivity contribution in [1.29, 1.82) is 0 Å². The Balaban J connectivity index is 1.43. The number of ether oxygens (including phenoxy) is 1. The van der Waals surface area contributed by atoms with Crippen molar-refractivity contribution in [2.24, 2.45) is 0 Å². The minimum atomic E-state index is -0.679. The standard InChI is InChI=1S/C21H19BrClFN4O3/c1-28(20(29)26-11-14-5-3-7-17(24)19(14)23)8-9-31-21(30)27-18-10-13-4-2-6-16(22)15(13)12-25-18/h2-7,10,12H,8-9,11H2,1H3,(H,26,29)(H,25,27,30). The number of hydrogen-bond acceptors (Lipinski definition) is 4. The number of carbonyl (C=O) groups is 2. The highest BCUT2D eigenvalue weighted by Crippen LogP contribution is 2.24. The third-order valence-electron chi connectivity index (χ3n) is 4.41. The van der Waals surface area contributed by atoms with Gasteiger partial charge >= 0.3 is 12.1 Å². The molecule has 0 fully saturated rings. The lowest BCUT2D eigenvalue weighted by atomic mass is 10.2. The molecule has 3 rings (SSSR count). The fraction of sp³-hybridized carbons (Fsp3) is 0.190. The van der Waals surface area contributed by atoms with E-state index >= 15 is 0 Å². The Kier molecular flexibility index (Phi) is 7.64. The molecule has 0 radical (unpaired) electrons. The number of hydrogen-bond donors (Lipinski definition) is 2. The fourth-order valence-electron chi connectivity index (χ4n) is 2.71. The van der Waals surface area contributed by atoms with Crippen molar-refractivity contribution in [2.45, 2.75) is 6.54 Å². The first-order valence-corrected chi connectivity index (χ1v) is 10.4. The molecule has 0 aliphatic carbocycles. The summed E-state index contributed by atoms with van der Waals surface area (Å²) >= 11 is 9.32. The van der Waals surface area contributed by atoms with E-state index in [0.717, 1.165) is 15.2 Å². The van der Waals surface area contributed by atoms with Gasteiger partial charge in [0.05, 0.1) is 11.6 Å². The van der Waals surface area contributed by atoms with Gasteiger partial charge in [-0.1, -0.05) is 51.8 Å². The van der Waals surface area contributed by atoms with E-state index in [2.05, 4.69) is 31.5 Å². The Labute approximate surface area is 191 Å². The van der Waals surface area contributed by atoms with Gasteiger partial charge in [-0.3, -0.25) is 5.32 Å². The van der Waals surface area contributed by atoms with E-state index in [0.29, 0.717) is 11.4 Å². The molecule has 0 spiro atoms. The van der Waals surface area contributed by atoms with Crippen LogP contribution in [0.1, 0.15) is 5.56 Å². The van der Waals surface area contributed by atoms with Crippen LogP contribution in [0.4, 0.5) is 19.8 Å². The van der Waals surface area contributed by atoms with Crippen LogP contribution in [0.3, 0.4) is 0 Å². The van der Waals surface area contributed by atoms with E-state index < -0.39 is 17.9 Å². The van der Waals surface area contributed by atoms with Crippen molar-refractivity contribution >= 4 is 56.2 Å². The van der Waals surface area contributed by atoms with Gasteiger partial charge < -0.3 is 15.0 Å². The number of carbonyl (C=O) groups excluding carboxylic acids is 2. The topological polar surface area (TPSA) is 83.6 Å². The summed E-state index contributed by atoms with van der Waals surface area (Å²) < 4.78 is 19.5. The highest BCUT2D eigenvalue weighted by atomic mass is 79.9. The number of anilines is 1. The lowest BCUT2D eigenvalue weighted by Gasteiger charge is -2.18. The number of nitrogens with zero attached hydrogens (tertiary/aromatic N) is 2. The Morgan fingerprint density at radius 3 is 2.84 bits per heavy atom. The summed E-state index contributed by atoms with van der Waals surface area (Å²) in [6, 6.07) is 11.4. The smallest absolute Gasteiger partial charge is 0.412 e. The number of amides is 3. The van der Waals surface area contributed by atoms with Gasteiger partial charge in [-0.2, -0.15) is 0 Å². The number of fused-ring (bicyclic) bond motifs is 1. The second-order valence-corrected chi connectivity index (χ2v) is 7.82. The first kappa shape index (κ1) is 22.8. The number of aromatic nitrogens is 1. The van der Waals surface area contributed by atoms with Crippen LogP contribution in [0.15, 0.2) is 53.1 Å². The van der Waals surface area contributed by atoms with Crippen LogP contribution in [0, 0.1) is 5.82 Å². The largest absolute Gasteiger partial charge is 0.447 e. The molecule has 3 amide bonds. The molecule has 162 valence electrons. The van der Waals surface area contributed by atoms with Gasteiger partial charge in [0.2, 0.25) is 0 Å². The summed E-state index contributed by atoms with van der Waals surface area (Å²) in [7, 11) is 1.55. The van der Waals surface area contributed by atoms with E-state index in [1.807, 2.05) is 18.2 Å². The second kappa shape index (κ2) is 10.4.